The molecule has 1 aliphatic rings. The molecule has 1 fully saturated rings. The SMILES string of the molecule is CN=C(NCc1cccnc1OCc1ccccc1)N(C)CCOCC1CC1.I. The van der Waals surface area contributed by atoms with Crippen LogP contribution in [0.25, 0.3) is 0 Å². The van der Waals surface area contributed by atoms with E-state index in [0.717, 1.165) is 36.2 Å². The van der Waals surface area contributed by atoms with Gasteiger partial charge in [-0.15, -0.1) is 24.0 Å². The lowest BCUT2D eigenvalue weighted by Gasteiger charge is -2.22. The minimum atomic E-state index is 0. The van der Waals surface area contributed by atoms with Crippen molar-refractivity contribution in [3.63, 3.8) is 0 Å². The van der Waals surface area contributed by atoms with Gasteiger partial charge in [0, 0.05) is 45.6 Å². The van der Waals surface area contributed by atoms with Crippen molar-refractivity contribution >= 4 is 29.9 Å². The number of rotatable bonds is 10. The smallest absolute Gasteiger partial charge is 0.218 e. The Labute approximate surface area is 190 Å². The van der Waals surface area contributed by atoms with E-state index < -0.39 is 0 Å². The summed E-state index contributed by atoms with van der Waals surface area (Å²) in [7, 11) is 3.81. The van der Waals surface area contributed by atoms with Crippen molar-refractivity contribution in [1.29, 1.82) is 0 Å². The molecule has 0 spiro atoms. The van der Waals surface area contributed by atoms with Crippen molar-refractivity contribution in [3.8, 4) is 5.88 Å². The first-order valence-electron chi connectivity index (χ1n) is 9.86. The Morgan fingerprint density at radius 2 is 2.00 bits per heavy atom. The van der Waals surface area contributed by atoms with Crippen molar-refractivity contribution in [1.82, 2.24) is 15.2 Å². The highest BCUT2D eigenvalue weighted by Gasteiger charge is 2.21. The van der Waals surface area contributed by atoms with Crippen LogP contribution in [0.5, 0.6) is 5.88 Å². The lowest BCUT2D eigenvalue weighted by Crippen LogP contribution is -2.40. The maximum absolute atomic E-state index is 5.93. The Hall–Kier alpha value is -1.87. The molecule has 6 nitrogen and oxygen atoms in total. The lowest BCUT2D eigenvalue weighted by molar-refractivity contribution is 0.115. The van der Waals surface area contributed by atoms with Gasteiger partial charge in [0.2, 0.25) is 5.88 Å². The Bertz CT molecular complexity index is 753. The Morgan fingerprint density at radius 1 is 1.21 bits per heavy atom. The molecule has 29 heavy (non-hydrogen) atoms. The molecule has 3 rings (SSSR count). The molecule has 0 amide bonds. The summed E-state index contributed by atoms with van der Waals surface area (Å²) in [4.78, 5) is 10.8. The molecule has 0 unspecified atom stereocenters. The highest BCUT2D eigenvalue weighted by atomic mass is 127. The van der Waals surface area contributed by atoms with E-state index in [-0.39, 0.29) is 24.0 Å². The average Bonchev–Trinajstić information content (AvgIpc) is 3.56. The molecule has 7 heteroatoms. The molecule has 0 saturated heterocycles. The Balaban J connectivity index is 0.00000300. The van der Waals surface area contributed by atoms with Gasteiger partial charge >= 0.3 is 0 Å². The predicted octanol–water partition coefficient (Wildman–Crippen LogP) is 3.71. The predicted molar refractivity (Wildman–Crippen MR) is 127 cm³/mol. The highest BCUT2D eigenvalue weighted by Crippen LogP contribution is 2.28. The maximum atomic E-state index is 5.93. The van der Waals surface area contributed by atoms with Crippen molar-refractivity contribution in [3.05, 3.63) is 59.8 Å². The third-order valence-corrected chi connectivity index (χ3v) is 4.70. The Kier molecular flexibility index (Phi) is 10.2. The first-order chi connectivity index (χ1) is 13.8. The number of guanidine groups is 1. The summed E-state index contributed by atoms with van der Waals surface area (Å²) in [5.74, 6) is 2.26. The number of benzene rings is 1. The molecule has 0 aliphatic heterocycles. The summed E-state index contributed by atoms with van der Waals surface area (Å²) in [6.45, 7) is 3.50. The fourth-order valence-electron chi connectivity index (χ4n) is 2.82. The summed E-state index contributed by atoms with van der Waals surface area (Å²) in [5.41, 5.74) is 2.12. The van der Waals surface area contributed by atoms with Crippen LogP contribution in [0.3, 0.4) is 0 Å². The molecule has 1 N–H and O–H groups in total. The van der Waals surface area contributed by atoms with Crippen LogP contribution < -0.4 is 10.1 Å². The number of halogens is 1. The molecule has 1 aromatic carbocycles. The molecule has 0 bridgehead atoms. The number of pyridine rings is 1. The maximum Gasteiger partial charge on any atom is 0.218 e. The number of nitrogens with one attached hydrogen (secondary N) is 1. The quantitative estimate of drug-likeness (QED) is 0.229. The topological polar surface area (TPSA) is 59.0 Å². The third kappa shape index (κ3) is 8.18. The van der Waals surface area contributed by atoms with Crippen molar-refractivity contribution in [2.45, 2.75) is 26.0 Å². The minimum absolute atomic E-state index is 0. The van der Waals surface area contributed by atoms with Crippen LogP contribution >= 0.6 is 24.0 Å². The normalized spacial score (nSPS) is 13.5. The van der Waals surface area contributed by atoms with Crippen LogP contribution in [0.15, 0.2) is 53.7 Å². The Morgan fingerprint density at radius 3 is 2.72 bits per heavy atom. The van der Waals surface area contributed by atoms with Crippen LogP contribution in [-0.2, 0) is 17.9 Å². The summed E-state index contributed by atoms with van der Waals surface area (Å²) in [6.07, 6.45) is 4.39. The van der Waals surface area contributed by atoms with Gasteiger partial charge in [-0.05, 0) is 30.4 Å². The number of ether oxygens (including phenoxy) is 2. The number of hydrogen-bond donors (Lipinski definition) is 1. The molecule has 0 atom stereocenters. The second-order valence-electron chi connectivity index (χ2n) is 7.08. The largest absolute Gasteiger partial charge is 0.473 e. The fraction of sp³-hybridized carbons (Fsp3) is 0.455. The van der Waals surface area contributed by atoms with Gasteiger partial charge < -0.3 is 19.7 Å². The van der Waals surface area contributed by atoms with E-state index in [2.05, 4.69) is 20.2 Å². The van der Waals surface area contributed by atoms with Gasteiger partial charge in [-0.3, -0.25) is 4.99 Å². The van der Waals surface area contributed by atoms with Gasteiger partial charge in [-0.2, -0.15) is 0 Å². The first kappa shape index (κ1) is 23.4. The zero-order valence-corrected chi connectivity index (χ0v) is 19.5. The van der Waals surface area contributed by atoms with Crippen molar-refractivity contribution in [2.24, 2.45) is 10.9 Å². The molecule has 158 valence electrons. The van der Waals surface area contributed by atoms with E-state index in [1.165, 1.54) is 12.8 Å². The molecule has 1 aromatic heterocycles. The average molecular weight is 510 g/mol. The zero-order chi connectivity index (χ0) is 19.6. The summed E-state index contributed by atoms with van der Waals surface area (Å²) >= 11 is 0. The molecule has 2 aromatic rings. The van der Waals surface area contributed by atoms with Crippen molar-refractivity contribution < 1.29 is 9.47 Å². The molecular weight excluding hydrogens is 479 g/mol. The van der Waals surface area contributed by atoms with Crippen LogP contribution in [-0.4, -0.2) is 49.7 Å². The number of nitrogens with zero attached hydrogens (tertiary/aromatic N) is 3. The summed E-state index contributed by atoms with van der Waals surface area (Å²) < 4.78 is 11.7. The molecular formula is C22H31IN4O2. The van der Waals surface area contributed by atoms with Crippen molar-refractivity contribution in [2.75, 3.05) is 33.9 Å². The van der Waals surface area contributed by atoms with Gasteiger partial charge in [-0.25, -0.2) is 4.98 Å². The number of aromatic nitrogens is 1. The highest BCUT2D eigenvalue weighted by molar-refractivity contribution is 14.0. The van der Waals surface area contributed by atoms with Gasteiger partial charge in [0.15, 0.2) is 5.96 Å². The lowest BCUT2D eigenvalue weighted by atomic mass is 10.2. The number of hydrogen-bond acceptors (Lipinski definition) is 4. The fourth-order valence-corrected chi connectivity index (χ4v) is 2.82. The second-order valence-corrected chi connectivity index (χ2v) is 7.08. The minimum Gasteiger partial charge on any atom is -0.473 e. The molecule has 0 radical (unpaired) electrons. The van der Waals surface area contributed by atoms with Crippen LogP contribution in [0.1, 0.15) is 24.0 Å². The molecule has 1 saturated carbocycles. The first-order valence-corrected chi connectivity index (χ1v) is 9.86. The number of likely N-dealkylation sites (N-methyl/N-ethyl adjacent to an activating group) is 1. The van der Waals surface area contributed by atoms with E-state index in [4.69, 9.17) is 9.47 Å². The van der Waals surface area contributed by atoms with Gasteiger partial charge in [0.25, 0.3) is 0 Å². The molecule has 1 aliphatic carbocycles. The van der Waals surface area contributed by atoms with E-state index >= 15 is 0 Å². The zero-order valence-electron chi connectivity index (χ0n) is 17.2. The van der Waals surface area contributed by atoms with Crippen LogP contribution in [0.4, 0.5) is 0 Å². The van der Waals surface area contributed by atoms with E-state index in [1.807, 2.05) is 49.5 Å². The van der Waals surface area contributed by atoms with Gasteiger partial charge in [0.1, 0.15) is 6.61 Å². The van der Waals surface area contributed by atoms with E-state index in [1.54, 1.807) is 13.2 Å². The molecule has 1 heterocycles. The third-order valence-electron chi connectivity index (χ3n) is 4.70. The van der Waals surface area contributed by atoms with Gasteiger partial charge in [-0.1, -0.05) is 36.4 Å². The summed E-state index contributed by atoms with van der Waals surface area (Å²) in [6, 6.07) is 14.0. The van der Waals surface area contributed by atoms with Crippen LogP contribution in [0.2, 0.25) is 0 Å². The van der Waals surface area contributed by atoms with Gasteiger partial charge in [0.05, 0.1) is 6.61 Å². The monoisotopic (exact) mass is 510 g/mol. The second kappa shape index (κ2) is 12.6. The van der Waals surface area contributed by atoms with Crippen LogP contribution in [0, 0.1) is 5.92 Å². The standard InChI is InChI=1S/C22H30N4O2.HI/c1-23-22(26(2)13-14-27-16-19-10-11-19)25-15-20-9-6-12-24-21(20)28-17-18-7-4-3-5-8-18;/h3-9,12,19H,10-11,13-17H2,1-2H3,(H,23,25);1H. The van der Waals surface area contributed by atoms with E-state index in [0.29, 0.717) is 25.6 Å². The number of aliphatic imine (C=N–C) groups is 1. The summed E-state index contributed by atoms with van der Waals surface area (Å²) in [5, 5.41) is 3.39. The van der Waals surface area contributed by atoms with E-state index in [9.17, 15) is 0 Å².